The number of carbonyl (C=O) groups is 2. The van der Waals surface area contributed by atoms with Gasteiger partial charge in [-0.25, -0.2) is 0 Å². The molecule has 4 aliphatic carbocycles. The quantitative estimate of drug-likeness (QED) is 0.631. The van der Waals surface area contributed by atoms with E-state index >= 15 is 0 Å². The Labute approximate surface area is 147 Å². The summed E-state index contributed by atoms with van der Waals surface area (Å²) >= 11 is 1.43. The van der Waals surface area contributed by atoms with Crippen molar-refractivity contribution >= 4 is 23.2 Å². The van der Waals surface area contributed by atoms with Crippen LogP contribution in [-0.2, 0) is 9.53 Å². The molecule has 0 radical (unpaired) electrons. The molecule has 0 aromatic carbocycles. The van der Waals surface area contributed by atoms with Gasteiger partial charge in [0.1, 0.15) is 0 Å². The summed E-state index contributed by atoms with van der Waals surface area (Å²) < 4.78 is 5.61. The number of hydrogen-bond acceptors (Lipinski definition) is 4. The van der Waals surface area contributed by atoms with Gasteiger partial charge in [-0.3, -0.25) is 9.59 Å². The van der Waals surface area contributed by atoms with E-state index < -0.39 is 0 Å². The molecule has 4 nitrogen and oxygen atoms in total. The van der Waals surface area contributed by atoms with Gasteiger partial charge in [-0.1, -0.05) is 6.07 Å². The third-order valence-electron chi connectivity index (χ3n) is 6.06. The van der Waals surface area contributed by atoms with E-state index in [0.29, 0.717) is 19.6 Å². The molecule has 1 heterocycles. The van der Waals surface area contributed by atoms with E-state index in [1.165, 1.54) is 30.6 Å². The lowest BCUT2D eigenvalue weighted by Crippen LogP contribution is -2.50. The van der Waals surface area contributed by atoms with Crippen LogP contribution in [0.15, 0.2) is 17.5 Å². The molecule has 4 fully saturated rings. The predicted octanol–water partition coefficient (Wildman–Crippen LogP) is 3.63. The minimum Gasteiger partial charge on any atom is -0.465 e. The predicted molar refractivity (Wildman–Crippen MR) is 92.8 cm³/mol. The van der Waals surface area contributed by atoms with Crippen molar-refractivity contribution in [2.45, 2.75) is 44.9 Å². The second-order valence-corrected chi connectivity index (χ2v) is 8.87. The minimum atomic E-state index is -0.172. The summed E-state index contributed by atoms with van der Waals surface area (Å²) in [5.41, 5.74) is -0.172. The Balaban J connectivity index is 1.21. The number of rotatable bonds is 6. The van der Waals surface area contributed by atoms with E-state index in [4.69, 9.17) is 4.74 Å². The lowest BCUT2D eigenvalue weighted by atomic mass is 9.49. The molecule has 1 aromatic rings. The number of amides is 1. The molecule has 1 amide bonds. The smallest absolute Gasteiger partial charge is 0.312 e. The Kier molecular flexibility index (Phi) is 4.37. The summed E-state index contributed by atoms with van der Waals surface area (Å²) in [5.74, 6) is 2.26. The Morgan fingerprint density at radius 3 is 2.42 bits per heavy atom. The van der Waals surface area contributed by atoms with E-state index in [1.807, 2.05) is 17.5 Å². The first-order chi connectivity index (χ1) is 11.6. The molecule has 0 unspecified atom stereocenters. The van der Waals surface area contributed by atoms with Crippen molar-refractivity contribution < 1.29 is 14.3 Å². The molecule has 5 rings (SSSR count). The van der Waals surface area contributed by atoms with Crippen LogP contribution in [0, 0.1) is 23.2 Å². The Morgan fingerprint density at radius 1 is 1.17 bits per heavy atom. The lowest BCUT2D eigenvalue weighted by molar-refractivity contribution is -0.171. The molecule has 130 valence electrons. The standard InChI is InChI=1S/C19H25NO3S/c21-17(16-3-1-6-24-16)20-4-2-5-23-18(22)19-10-13-7-14(11-19)9-15(8-13)12-19/h1,3,6,13-15H,2,4-5,7-12H2,(H,20,21). The minimum absolute atomic E-state index is 0.0335. The highest BCUT2D eigenvalue weighted by atomic mass is 32.1. The van der Waals surface area contributed by atoms with Gasteiger partial charge in [0.15, 0.2) is 0 Å². The van der Waals surface area contributed by atoms with E-state index in [9.17, 15) is 9.59 Å². The molecule has 0 aliphatic heterocycles. The van der Waals surface area contributed by atoms with Crippen molar-refractivity contribution in [3.05, 3.63) is 22.4 Å². The van der Waals surface area contributed by atoms with Crippen molar-refractivity contribution in [1.82, 2.24) is 5.32 Å². The summed E-state index contributed by atoms with van der Waals surface area (Å²) in [7, 11) is 0. The van der Waals surface area contributed by atoms with Crippen LogP contribution in [0.1, 0.15) is 54.6 Å². The lowest BCUT2D eigenvalue weighted by Gasteiger charge is -2.55. The van der Waals surface area contributed by atoms with Gasteiger partial charge in [0.25, 0.3) is 5.91 Å². The molecule has 0 spiro atoms. The van der Waals surface area contributed by atoms with Crippen molar-refractivity contribution in [1.29, 1.82) is 0 Å². The summed E-state index contributed by atoms with van der Waals surface area (Å²) in [5, 5.41) is 4.77. The fourth-order valence-electron chi connectivity index (χ4n) is 5.45. The van der Waals surface area contributed by atoms with Crippen LogP contribution >= 0.6 is 11.3 Å². The number of carbonyl (C=O) groups excluding carboxylic acids is 2. The fraction of sp³-hybridized carbons (Fsp3) is 0.684. The van der Waals surface area contributed by atoms with Crippen molar-refractivity contribution in [2.75, 3.05) is 13.2 Å². The van der Waals surface area contributed by atoms with Crippen LogP contribution in [0.25, 0.3) is 0 Å². The van der Waals surface area contributed by atoms with Crippen LogP contribution in [0.5, 0.6) is 0 Å². The number of hydrogen-bond donors (Lipinski definition) is 1. The first kappa shape index (κ1) is 16.1. The topological polar surface area (TPSA) is 55.4 Å². The number of ether oxygens (including phenoxy) is 1. The van der Waals surface area contributed by atoms with E-state index in [2.05, 4.69) is 5.32 Å². The summed E-state index contributed by atoms with van der Waals surface area (Å²) in [6.07, 6.45) is 7.83. The Morgan fingerprint density at radius 2 is 1.83 bits per heavy atom. The van der Waals surface area contributed by atoms with Crippen LogP contribution in [-0.4, -0.2) is 25.0 Å². The van der Waals surface area contributed by atoms with Crippen LogP contribution in [0.2, 0.25) is 0 Å². The Hall–Kier alpha value is -1.36. The molecule has 24 heavy (non-hydrogen) atoms. The third-order valence-corrected chi connectivity index (χ3v) is 6.92. The normalized spacial score (nSPS) is 33.4. The molecule has 0 atom stereocenters. The molecule has 0 saturated heterocycles. The SMILES string of the molecule is O=C(NCCCOC(=O)C12CC3CC(CC(C3)C1)C2)c1cccs1. The molecule has 4 bridgehead atoms. The van der Waals surface area contributed by atoms with E-state index in [0.717, 1.165) is 41.9 Å². The van der Waals surface area contributed by atoms with Crippen LogP contribution in [0.3, 0.4) is 0 Å². The monoisotopic (exact) mass is 347 g/mol. The molecule has 4 aliphatic rings. The van der Waals surface area contributed by atoms with E-state index in [-0.39, 0.29) is 17.3 Å². The average molecular weight is 347 g/mol. The maximum atomic E-state index is 12.7. The summed E-state index contributed by atoms with van der Waals surface area (Å²) in [4.78, 5) is 25.2. The number of nitrogens with one attached hydrogen (secondary N) is 1. The number of esters is 1. The highest BCUT2D eigenvalue weighted by Gasteiger charge is 2.55. The van der Waals surface area contributed by atoms with Gasteiger partial charge in [-0.15, -0.1) is 11.3 Å². The van der Waals surface area contributed by atoms with Gasteiger partial charge in [0.05, 0.1) is 16.9 Å². The van der Waals surface area contributed by atoms with Gasteiger partial charge in [-0.05, 0) is 74.1 Å². The average Bonchev–Trinajstić information content (AvgIpc) is 3.07. The molecule has 4 saturated carbocycles. The fourth-order valence-corrected chi connectivity index (χ4v) is 6.09. The first-order valence-electron chi connectivity index (χ1n) is 9.13. The largest absolute Gasteiger partial charge is 0.465 e. The third kappa shape index (κ3) is 3.10. The molecular formula is C19H25NO3S. The summed E-state index contributed by atoms with van der Waals surface area (Å²) in [6.45, 7) is 0.955. The van der Waals surface area contributed by atoms with Crippen molar-refractivity contribution in [3.8, 4) is 0 Å². The van der Waals surface area contributed by atoms with Gasteiger partial charge >= 0.3 is 5.97 Å². The second-order valence-electron chi connectivity index (χ2n) is 7.92. The zero-order chi connectivity index (χ0) is 16.6. The molecular weight excluding hydrogens is 322 g/mol. The van der Waals surface area contributed by atoms with Gasteiger partial charge in [-0.2, -0.15) is 0 Å². The van der Waals surface area contributed by atoms with Crippen LogP contribution < -0.4 is 5.32 Å². The van der Waals surface area contributed by atoms with Crippen LogP contribution in [0.4, 0.5) is 0 Å². The highest BCUT2D eigenvalue weighted by Crippen LogP contribution is 2.60. The highest BCUT2D eigenvalue weighted by molar-refractivity contribution is 7.12. The Bertz CT molecular complexity index is 575. The maximum absolute atomic E-state index is 12.7. The van der Waals surface area contributed by atoms with Crippen molar-refractivity contribution in [3.63, 3.8) is 0 Å². The zero-order valence-electron chi connectivity index (χ0n) is 14.0. The molecule has 5 heteroatoms. The zero-order valence-corrected chi connectivity index (χ0v) is 14.8. The maximum Gasteiger partial charge on any atom is 0.312 e. The summed E-state index contributed by atoms with van der Waals surface area (Å²) in [6, 6.07) is 3.68. The molecule has 1 N–H and O–H groups in total. The molecule has 1 aromatic heterocycles. The van der Waals surface area contributed by atoms with Crippen molar-refractivity contribution in [2.24, 2.45) is 23.2 Å². The number of thiophene rings is 1. The second kappa shape index (κ2) is 6.51. The van der Waals surface area contributed by atoms with Gasteiger partial charge in [0.2, 0.25) is 0 Å². The van der Waals surface area contributed by atoms with Gasteiger partial charge in [0, 0.05) is 6.54 Å². The first-order valence-corrected chi connectivity index (χ1v) is 10.0. The van der Waals surface area contributed by atoms with E-state index in [1.54, 1.807) is 0 Å². The van der Waals surface area contributed by atoms with Gasteiger partial charge < -0.3 is 10.1 Å².